The van der Waals surface area contributed by atoms with Crippen LogP contribution in [0, 0.1) is 17.3 Å². The Morgan fingerprint density at radius 3 is 1.61 bits per heavy atom. The first kappa shape index (κ1) is 35.1. The lowest BCUT2D eigenvalue weighted by molar-refractivity contribution is -0.196. The van der Waals surface area contributed by atoms with Crippen molar-refractivity contribution < 1.29 is 0 Å². The molecule has 1 spiro atoms. The summed E-state index contributed by atoms with van der Waals surface area (Å²) >= 11 is 0. The molecule has 2 atom stereocenters. The number of likely N-dealkylation sites (tertiary alicyclic amines) is 4. The normalized spacial score (nSPS) is 30.3. The van der Waals surface area contributed by atoms with Crippen LogP contribution in [0.1, 0.15) is 115 Å². The molecule has 5 aliphatic heterocycles. The van der Waals surface area contributed by atoms with Gasteiger partial charge in [0.2, 0.25) is 0 Å². The summed E-state index contributed by atoms with van der Waals surface area (Å²) in [4.78, 5) is 16.8. The van der Waals surface area contributed by atoms with Crippen molar-refractivity contribution in [3.63, 3.8) is 0 Å². The van der Waals surface area contributed by atoms with Crippen molar-refractivity contribution in [2.24, 2.45) is 17.3 Å². The van der Waals surface area contributed by atoms with Gasteiger partial charge in [0.05, 0.1) is 0 Å². The Morgan fingerprint density at radius 2 is 1.16 bits per heavy atom. The number of piperazine rings is 1. The molecule has 0 aromatic heterocycles. The van der Waals surface area contributed by atoms with Gasteiger partial charge in [-0.05, 0) is 153 Å². The van der Waals surface area contributed by atoms with Crippen molar-refractivity contribution in [2.75, 3.05) is 78.5 Å². The Morgan fingerprint density at radius 1 is 0.659 bits per heavy atom. The van der Waals surface area contributed by atoms with Crippen LogP contribution in [0.25, 0.3) is 0 Å². The van der Waals surface area contributed by atoms with Gasteiger partial charge in [-0.3, -0.25) is 19.6 Å². The van der Waals surface area contributed by atoms with E-state index in [9.17, 15) is 0 Å². The molecule has 1 unspecified atom stereocenters. The monoisotopic (exact) mass is 615 g/mol. The van der Waals surface area contributed by atoms with E-state index in [1.165, 1.54) is 117 Å². The van der Waals surface area contributed by atoms with Crippen molar-refractivity contribution in [1.29, 1.82) is 0 Å². The number of rotatable bonds is 9. The van der Waals surface area contributed by atoms with Crippen molar-refractivity contribution in [3.05, 3.63) is 0 Å². The topological polar surface area (TPSA) is 19.4 Å². The van der Waals surface area contributed by atoms with Crippen LogP contribution in [0.2, 0.25) is 0 Å². The van der Waals surface area contributed by atoms with Crippen LogP contribution in [-0.2, 0) is 0 Å². The second-order valence-corrected chi connectivity index (χ2v) is 19.1. The van der Waals surface area contributed by atoms with E-state index in [1.807, 2.05) is 0 Å². The minimum Gasteiger partial charge on any atom is -0.302 e. The number of hydrogen-bond acceptors (Lipinski definition) is 6. The largest absolute Gasteiger partial charge is 0.302 e. The first-order valence-electron chi connectivity index (χ1n) is 18.9. The molecule has 5 heterocycles. The summed E-state index contributed by atoms with van der Waals surface area (Å²) in [6.45, 7) is 42.4. The van der Waals surface area contributed by atoms with Gasteiger partial charge in [0, 0.05) is 92.5 Å². The van der Waals surface area contributed by atoms with E-state index in [4.69, 9.17) is 0 Å². The first-order chi connectivity index (χ1) is 20.5. The molecule has 0 aromatic rings. The van der Waals surface area contributed by atoms with Crippen LogP contribution in [0.4, 0.5) is 0 Å². The molecule has 0 radical (unpaired) electrons. The summed E-state index contributed by atoms with van der Waals surface area (Å²) < 4.78 is 0. The molecule has 0 aliphatic carbocycles. The number of hydrogen-bond donors (Lipinski definition) is 0. The molecule has 5 fully saturated rings. The summed E-state index contributed by atoms with van der Waals surface area (Å²) in [6.07, 6.45) is 8.18. The van der Waals surface area contributed by atoms with Gasteiger partial charge in [0.25, 0.3) is 0 Å². The fourth-order valence-electron chi connectivity index (χ4n) is 9.91. The van der Waals surface area contributed by atoms with E-state index in [0.29, 0.717) is 28.6 Å². The van der Waals surface area contributed by atoms with Crippen LogP contribution in [0.3, 0.4) is 0 Å². The van der Waals surface area contributed by atoms with E-state index in [1.54, 1.807) is 0 Å². The van der Waals surface area contributed by atoms with Crippen LogP contribution in [0.5, 0.6) is 0 Å². The fraction of sp³-hybridized carbons (Fsp3) is 1.00. The molecule has 0 amide bonds. The highest BCUT2D eigenvalue weighted by molar-refractivity contribution is 5.14. The molecular formula is C38H74N6. The highest BCUT2D eigenvalue weighted by Crippen LogP contribution is 2.49. The number of nitrogens with zero attached hydrogens (tertiary/aromatic N) is 6. The van der Waals surface area contributed by atoms with Crippen molar-refractivity contribution in [1.82, 2.24) is 29.4 Å². The van der Waals surface area contributed by atoms with Gasteiger partial charge in [-0.15, -0.1) is 0 Å². The van der Waals surface area contributed by atoms with Gasteiger partial charge >= 0.3 is 0 Å². The fourth-order valence-corrected chi connectivity index (χ4v) is 9.91. The lowest BCUT2D eigenvalue weighted by atomic mass is 9.64. The minimum absolute atomic E-state index is 0.287. The molecular weight excluding hydrogens is 540 g/mol. The highest BCUT2D eigenvalue weighted by atomic mass is 15.4. The zero-order valence-corrected chi connectivity index (χ0v) is 31.3. The van der Waals surface area contributed by atoms with Gasteiger partial charge in [-0.1, -0.05) is 0 Å². The summed E-state index contributed by atoms with van der Waals surface area (Å²) in [5, 5.41) is 0. The Balaban J connectivity index is 1.06. The smallest absolute Gasteiger partial charge is 0.0238 e. The summed E-state index contributed by atoms with van der Waals surface area (Å²) in [5.74, 6) is 1.79. The van der Waals surface area contributed by atoms with E-state index in [2.05, 4.69) is 106 Å². The Bertz CT molecular complexity index is 911. The zero-order valence-electron chi connectivity index (χ0n) is 31.3. The third-order valence-corrected chi connectivity index (χ3v) is 13.2. The van der Waals surface area contributed by atoms with Crippen molar-refractivity contribution in [2.45, 2.75) is 149 Å². The highest BCUT2D eigenvalue weighted by Gasteiger charge is 2.59. The molecule has 6 heteroatoms. The lowest BCUT2D eigenvalue weighted by Crippen LogP contribution is -2.79. The summed E-state index contributed by atoms with van der Waals surface area (Å²) in [7, 11) is 0. The zero-order chi connectivity index (χ0) is 32.1. The quantitative estimate of drug-likeness (QED) is 0.317. The maximum Gasteiger partial charge on any atom is 0.0238 e. The van der Waals surface area contributed by atoms with Gasteiger partial charge < -0.3 is 9.80 Å². The standard InChI is InChI=1S/C38H74N6/c1-30(2)43-23-22-39(24-32-13-18-41(19-14-32)35(4,5)6)26-34(43)12-17-37(10,11)44-29-38(31(44)3)27-40(28-38)25-33-15-20-42(21-16-33)36(7,8)9/h30-34H,12-29H2,1-11H3/t31?,34-/m0/s1. The lowest BCUT2D eigenvalue weighted by Gasteiger charge is -2.69. The molecule has 6 nitrogen and oxygen atoms in total. The Labute approximate surface area is 274 Å². The minimum atomic E-state index is 0.287. The molecule has 44 heavy (non-hydrogen) atoms. The van der Waals surface area contributed by atoms with Crippen LogP contribution in [-0.4, -0.2) is 143 Å². The molecule has 0 bridgehead atoms. The maximum absolute atomic E-state index is 2.88. The molecule has 0 aromatic carbocycles. The molecule has 0 saturated carbocycles. The van der Waals surface area contributed by atoms with Crippen LogP contribution >= 0.6 is 0 Å². The van der Waals surface area contributed by atoms with Crippen LogP contribution in [0.15, 0.2) is 0 Å². The van der Waals surface area contributed by atoms with E-state index >= 15 is 0 Å². The van der Waals surface area contributed by atoms with E-state index in [0.717, 1.165) is 17.9 Å². The van der Waals surface area contributed by atoms with E-state index in [-0.39, 0.29) is 5.54 Å². The molecule has 256 valence electrons. The molecule has 0 N–H and O–H groups in total. The van der Waals surface area contributed by atoms with Gasteiger partial charge in [0.1, 0.15) is 0 Å². The van der Waals surface area contributed by atoms with Gasteiger partial charge in [-0.25, -0.2) is 0 Å². The second-order valence-electron chi connectivity index (χ2n) is 19.1. The number of piperidine rings is 2. The summed E-state index contributed by atoms with van der Waals surface area (Å²) in [6, 6.07) is 2.07. The predicted molar refractivity (Wildman–Crippen MR) is 189 cm³/mol. The average Bonchev–Trinajstić information content (AvgIpc) is 2.92. The molecule has 5 rings (SSSR count). The summed E-state index contributed by atoms with van der Waals surface area (Å²) in [5.41, 5.74) is 1.51. The van der Waals surface area contributed by atoms with Gasteiger partial charge in [-0.2, -0.15) is 0 Å². The Kier molecular flexibility index (Phi) is 10.6. The molecule has 5 aliphatic rings. The van der Waals surface area contributed by atoms with Crippen molar-refractivity contribution in [3.8, 4) is 0 Å². The maximum atomic E-state index is 2.88. The predicted octanol–water partition coefficient (Wildman–Crippen LogP) is 5.97. The van der Waals surface area contributed by atoms with Gasteiger partial charge in [0.15, 0.2) is 0 Å². The first-order valence-corrected chi connectivity index (χ1v) is 18.9. The third kappa shape index (κ3) is 7.89. The van der Waals surface area contributed by atoms with E-state index < -0.39 is 0 Å². The van der Waals surface area contributed by atoms with Crippen LogP contribution < -0.4 is 0 Å². The Hall–Kier alpha value is -0.240. The SMILES string of the molecule is CC(C)N1CCN(CC2CCN(C(C)(C)C)CC2)C[C@@H]1CCC(C)(C)N1CC2(CN(CC3CCN(C(C)(C)C)CC3)C2)C1C. The third-order valence-electron chi connectivity index (χ3n) is 13.2. The molecule has 5 saturated heterocycles. The second kappa shape index (κ2) is 13.3. The average molecular weight is 615 g/mol. The van der Waals surface area contributed by atoms with Crippen molar-refractivity contribution >= 4 is 0 Å².